The molecule has 0 saturated heterocycles. The SMILES string of the molecule is CCCC(C)C(C(=O)O)C(CC)(C(=O)O)C(C)CC(C)(C)C. The number of carbonyl (C=O) groups is 2. The average molecular weight is 314 g/mol. The first kappa shape index (κ1) is 20.9. The van der Waals surface area contributed by atoms with Gasteiger partial charge in [0.2, 0.25) is 0 Å². The van der Waals surface area contributed by atoms with E-state index in [4.69, 9.17) is 0 Å². The Labute approximate surface area is 135 Å². The summed E-state index contributed by atoms with van der Waals surface area (Å²) in [6.45, 7) is 13.8. The summed E-state index contributed by atoms with van der Waals surface area (Å²) >= 11 is 0. The molecule has 2 N–H and O–H groups in total. The molecule has 0 aliphatic heterocycles. The van der Waals surface area contributed by atoms with Gasteiger partial charge >= 0.3 is 11.9 Å². The fraction of sp³-hybridized carbons (Fsp3) is 0.889. The maximum atomic E-state index is 12.2. The van der Waals surface area contributed by atoms with E-state index in [1.165, 1.54) is 0 Å². The first-order valence-corrected chi connectivity index (χ1v) is 8.40. The van der Waals surface area contributed by atoms with Gasteiger partial charge in [-0.05, 0) is 30.1 Å². The zero-order chi connectivity index (χ0) is 17.7. The fourth-order valence-electron chi connectivity index (χ4n) is 4.06. The van der Waals surface area contributed by atoms with E-state index in [2.05, 4.69) is 20.8 Å². The van der Waals surface area contributed by atoms with Gasteiger partial charge in [0.25, 0.3) is 0 Å². The Morgan fingerprint density at radius 2 is 1.55 bits per heavy atom. The molecule has 0 aliphatic carbocycles. The highest BCUT2D eigenvalue weighted by Crippen LogP contribution is 2.48. The lowest BCUT2D eigenvalue weighted by Gasteiger charge is -2.43. The molecular formula is C18H34O4. The Morgan fingerprint density at radius 3 is 1.82 bits per heavy atom. The summed E-state index contributed by atoms with van der Waals surface area (Å²) < 4.78 is 0. The molecule has 4 heteroatoms. The zero-order valence-electron chi connectivity index (χ0n) is 15.3. The lowest BCUT2D eigenvalue weighted by atomic mass is 9.58. The molecule has 0 bridgehead atoms. The van der Waals surface area contributed by atoms with Crippen LogP contribution in [0.1, 0.15) is 74.1 Å². The summed E-state index contributed by atoms with van der Waals surface area (Å²) in [4.78, 5) is 24.1. The van der Waals surface area contributed by atoms with Gasteiger partial charge in [-0.15, -0.1) is 0 Å². The highest BCUT2D eigenvalue weighted by Gasteiger charge is 2.54. The molecule has 0 fully saturated rings. The van der Waals surface area contributed by atoms with Crippen molar-refractivity contribution in [2.45, 2.75) is 74.1 Å². The Morgan fingerprint density at radius 1 is 1.05 bits per heavy atom. The molecule has 4 unspecified atom stereocenters. The van der Waals surface area contributed by atoms with E-state index in [0.29, 0.717) is 12.8 Å². The van der Waals surface area contributed by atoms with Gasteiger partial charge in [0.15, 0.2) is 0 Å². The van der Waals surface area contributed by atoms with Gasteiger partial charge in [-0.1, -0.05) is 61.3 Å². The number of rotatable bonds is 9. The third kappa shape index (κ3) is 4.72. The predicted molar refractivity (Wildman–Crippen MR) is 88.8 cm³/mol. The molecular weight excluding hydrogens is 280 g/mol. The van der Waals surface area contributed by atoms with Gasteiger partial charge < -0.3 is 10.2 Å². The highest BCUT2D eigenvalue weighted by atomic mass is 16.4. The van der Waals surface area contributed by atoms with Crippen LogP contribution >= 0.6 is 0 Å². The molecule has 0 rings (SSSR count). The van der Waals surface area contributed by atoms with Gasteiger partial charge in [-0.2, -0.15) is 0 Å². The second-order valence-corrected chi connectivity index (χ2v) is 7.95. The monoisotopic (exact) mass is 314 g/mol. The van der Waals surface area contributed by atoms with Crippen molar-refractivity contribution >= 4 is 11.9 Å². The van der Waals surface area contributed by atoms with Gasteiger partial charge in [-0.3, -0.25) is 9.59 Å². The van der Waals surface area contributed by atoms with Crippen molar-refractivity contribution in [1.29, 1.82) is 0 Å². The summed E-state index contributed by atoms with van der Waals surface area (Å²) in [5.41, 5.74) is -1.25. The molecule has 0 aromatic heterocycles. The maximum absolute atomic E-state index is 12.2. The molecule has 0 aromatic rings. The van der Waals surface area contributed by atoms with Crippen LogP contribution in [0.4, 0.5) is 0 Å². The number of hydrogen-bond acceptors (Lipinski definition) is 2. The topological polar surface area (TPSA) is 74.6 Å². The lowest BCUT2D eigenvalue weighted by Crippen LogP contribution is -2.50. The van der Waals surface area contributed by atoms with Crippen LogP contribution in [0.15, 0.2) is 0 Å². The molecule has 0 spiro atoms. The van der Waals surface area contributed by atoms with E-state index in [0.717, 1.165) is 12.8 Å². The molecule has 0 heterocycles. The standard InChI is InChI=1S/C18H34O4/c1-8-10-12(3)14(15(19)20)18(9-2,16(21)22)13(4)11-17(5,6)7/h12-14H,8-11H2,1-7H3,(H,19,20)(H,21,22). The van der Waals surface area contributed by atoms with E-state index in [9.17, 15) is 19.8 Å². The van der Waals surface area contributed by atoms with Crippen LogP contribution in [0, 0.1) is 28.6 Å². The first-order valence-electron chi connectivity index (χ1n) is 8.40. The molecule has 22 heavy (non-hydrogen) atoms. The third-order valence-corrected chi connectivity index (χ3v) is 4.92. The minimum absolute atomic E-state index is 0.0354. The first-order chi connectivity index (χ1) is 9.93. The van der Waals surface area contributed by atoms with Crippen molar-refractivity contribution in [3.05, 3.63) is 0 Å². The van der Waals surface area contributed by atoms with E-state index >= 15 is 0 Å². The van der Waals surface area contributed by atoms with Crippen LogP contribution in [-0.2, 0) is 9.59 Å². The summed E-state index contributed by atoms with van der Waals surface area (Å²) in [7, 11) is 0. The predicted octanol–water partition coefficient (Wildman–Crippen LogP) is 4.68. The van der Waals surface area contributed by atoms with Crippen LogP contribution in [-0.4, -0.2) is 22.2 Å². The number of carboxylic acid groups (broad SMARTS) is 2. The van der Waals surface area contributed by atoms with Gasteiger partial charge in [0, 0.05) is 0 Å². The third-order valence-electron chi connectivity index (χ3n) is 4.92. The molecule has 0 amide bonds. The molecule has 4 nitrogen and oxygen atoms in total. The average Bonchev–Trinajstić information content (AvgIpc) is 2.32. The van der Waals surface area contributed by atoms with Crippen LogP contribution in [0.3, 0.4) is 0 Å². The minimum atomic E-state index is -1.21. The minimum Gasteiger partial charge on any atom is -0.481 e. The molecule has 0 radical (unpaired) electrons. The lowest BCUT2D eigenvalue weighted by molar-refractivity contribution is -0.172. The second-order valence-electron chi connectivity index (χ2n) is 7.95. The Balaban J connectivity index is 5.92. The largest absolute Gasteiger partial charge is 0.481 e. The zero-order valence-corrected chi connectivity index (χ0v) is 15.3. The van der Waals surface area contributed by atoms with Crippen LogP contribution in [0.25, 0.3) is 0 Å². The van der Waals surface area contributed by atoms with Gasteiger partial charge in [0.05, 0.1) is 11.3 Å². The molecule has 0 saturated carbocycles. The Kier molecular flexibility index (Phi) is 7.60. The number of carboxylic acids is 2. The van der Waals surface area contributed by atoms with Crippen LogP contribution in [0.2, 0.25) is 0 Å². The van der Waals surface area contributed by atoms with Crippen molar-refractivity contribution in [3.63, 3.8) is 0 Å². The molecule has 0 aliphatic rings. The summed E-state index contributed by atoms with van der Waals surface area (Å²) in [6.07, 6.45) is 2.62. The number of hydrogen-bond donors (Lipinski definition) is 2. The van der Waals surface area contributed by atoms with Crippen molar-refractivity contribution in [3.8, 4) is 0 Å². The normalized spacial score (nSPS) is 19.0. The van der Waals surface area contributed by atoms with Gasteiger partial charge in [0.1, 0.15) is 0 Å². The summed E-state index contributed by atoms with van der Waals surface area (Å²) in [6, 6.07) is 0. The summed E-state index contributed by atoms with van der Waals surface area (Å²) in [5, 5.41) is 19.7. The van der Waals surface area contributed by atoms with Crippen molar-refractivity contribution in [2.24, 2.45) is 28.6 Å². The Bertz CT molecular complexity index is 383. The maximum Gasteiger partial charge on any atom is 0.310 e. The van der Waals surface area contributed by atoms with Crippen molar-refractivity contribution < 1.29 is 19.8 Å². The smallest absolute Gasteiger partial charge is 0.310 e. The quantitative estimate of drug-likeness (QED) is 0.648. The van der Waals surface area contributed by atoms with Gasteiger partial charge in [-0.25, -0.2) is 0 Å². The molecule has 4 atom stereocenters. The van der Waals surface area contributed by atoms with Crippen molar-refractivity contribution in [2.75, 3.05) is 0 Å². The van der Waals surface area contributed by atoms with Crippen molar-refractivity contribution in [1.82, 2.24) is 0 Å². The fourth-order valence-corrected chi connectivity index (χ4v) is 4.06. The van der Waals surface area contributed by atoms with E-state index in [1.54, 1.807) is 0 Å². The molecule has 0 aromatic carbocycles. The summed E-state index contributed by atoms with van der Waals surface area (Å²) in [5.74, 6) is -3.16. The van der Waals surface area contributed by atoms with E-state index in [-0.39, 0.29) is 17.3 Å². The van der Waals surface area contributed by atoms with E-state index in [1.807, 2.05) is 27.7 Å². The molecule has 130 valence electrons. The number of aliphatic carboxylic acids is 2. The Hall–Kier alpha value is -1.06. The van der Waals surface area contributed by atoms with E-state index < -0.39 is 23.3 Å². The van der Waals surface area contributed by atoms with Crippen LogP contribution in [0.5, 0.6) is 0 Å². The second kappa shape index (κ2) is 7.98. The highest BCUT2D eigenvalue weighted by molar-refractivity contribution is 5.84. The van der Waals surface area contributed by atoms with Crippen LogP contribution < -0.4 is 0 Å².